The second-order valence-corrected chi connectivity index (χ2v) is 8.35. The number of nitrogens with one attached hydrogen (secondary N) is 2. The smallest absolute Gasteiger partial charge is 0.731 e. The van der Waals surface area contributed by atoms with E-state index < -0.39 is 52.0 Å². The van der Waals surface area contributed by atoms with Gasteiger partial charge in [0, 0.05) is 10.3 Å². The predicted octanol–water partition coefficient (Wildman–Crippen LogP) is -3.12. The van der Waals surface area contributed by atoms with Gasteiger partial charge in [0.05, 0.1) is 0 Å². The zero-order valence-electron chi connectivity index (χ0n) is 16.8. The number of alkyl halides is 1. The Morgan fingerprint density at radius 3 is 2.69 bits per heavy atom. The number of thiazole rings is 1. The fraction of sp³-hybridized carbons (Fsp3) is 0.462. The third-order valence-corrected chi connectivity index (χ3v) is 5.28. The molecule has 1 unspecified atom stereocenters. The normalized spacial score (nSPS) is 18.2. The van der Waals surface area contributed by atoms with E-state index in [0.717, 1.165) is 11.3 Å². The molecule has 32 heavy (non-hydrogen) atoms. The van der Waals surface area contributed by atoms with Gasteiger partial charge in [0.25, 0.3) is 11.8 Å². The zero-order valence-corrected chi connectivity index (χ0v) is 21.1. The molecule has 1 aromatic rings. The number of hydrogen-bond acceptors (Lipinski definition) is 11. The Kier molecular flexibility index (Phi) is 10.3. The maximum absolute atomic E-state index is 12.7. The van der Waals surface area contributed by atoms with Gasteiger partial charge < -0.3 is 20.0 Å². The van der Waals surface area contributed by atoms with Gasteiger partial charge in [-0.05, 0) is 19.4 Å². The topological polar surface area (TPSA) is 219 Å². The van der Waals surface area contributed by atoms with Crippen LogP contribution in [0.4, 0.5) is 5.13 Å². The molecular weight excluding hydrogens is 503 g/mol. The SMILES string of the molecule is CC(C)ON=C(C(=O)N[C@@H]1C(=O)N(S(=O)(=O)[O-])C1N=[N+]=[N-])c1csc(NC(=O)CCl)n1.[Na+]. The molecule has 0 bridgehead atoms. The quantitative estimate of drug-likeness (QED) is 0.0392. The summed E-state index contributed by atoms with van der Waals surface area (Å²) in [6.45, 7) is 3.24. The molecule has 2 atom stereocenters. The number of azide groups is 1. The van der Waals surface area contributed by atoms with Gasteiger partial charge >= 0.3 is 29.6 Å². The van der Waals surface area contributed by atoms with Crippen molar-refractivity contribution in [2.75, 3.05) is 11.2 Å². The number of hydrogen-bond donors (Lipinski definition) is 2. The molecule has 0 aliphatic carbocycles. The van der Waals surface area contributed by atoms with E-state index in [2.05, 4.69) is 30.8 Å². The molecule has 1 aromatic heterocycles. The third-order valence-electron chi connectivity index (χ3n) is 3.40. The van der Waals surface area contributed by atoms with Gasteiger partial charge in [0.2, 0.25) is 5.91 Å². The van der Waals surface area contributed by atoms with Crippen molar-refractivity contribution in [1.29, 1.82) is 0 Å². The van der Waals surface area contributed by atoms with Crippen LogP contribution in [-0.2, 0) is 29.5 Å². The third kappa shape index (κ3) is 6.76. The summed E-state index contributed by atoms with van der Waals surface area (Å²) in [6.07, 6.45) is -2.23. The molecule has 2 rings (SSSR count). The van der Waals surface area contributed by atoms with Crippen molar-refractivity contribution in [3.8, 4) is 0 Å². The molecule has 3 amide bonds. The molecule has 2 heterocycles. The minimum Gasteiger partial charge on any atom is -0.731 e. The summed E-state index contributed by atoms with van der Waals surface area (Å²) in [5.41, 5.74) is 8.09. The number of amides is 3. The van der Waals surface area contributed by atoms with Gasteiger partial charge in [-0.3, -0.25) is 14.4 Å². The summed E-state index contributed by atoms with van der Waals surface area (Å²) in [7, 11) is -5.26. The van der Waals surface area contributed by atoms with E-state index in [1.165, 1.54) is 5.38 Å². The van der Waals surface area contributed by atoms with Crippen LogP contribution < -0.4 is 40.2 Å². The number of β-lactam (4-membered cyclic amide) rings is 1. The molecule has 1 aliphatic heterocycles. The number of nitrogens with zero attached hydrogens (tertiary/aromatic N) is 6. The van der Waals surface area contributed by atoms with Gasteiger partial charge in [-0.15, -0.1) is 22.9 Å². The van der Waals surface area contributed by atoms with Crippen LogP contribution in [0, 0.1) is 0 Å². The van der Waals surface area contributed by atoms with Gasteiger partial charge in [-0.2, -0.15) is 0 Å². The zero-order chi connectivity index (χ0) is 23.3. The summed E-state index contributed by atoms with van der Waals surface area (Å²) in [6, 6.07) is -1.63. The summed E-state index contributed by atoms with van der Waals surface area (Å²) in [5, 5.41) is 12.7. The van der Waals surface area contributed by atoms with Gasteiger partial charge in [0.15, 0.2) is 27.3 Å². The van der Waals surface area contributed by atoms with Crippen LogP contribution in [0.1, 0.15) is 19.5 Å². The first-order valence-corrected chi connectivity index (χ1v) is 11.0. The fourth-order valence-corrected chi connectivity index (χ4v) is 3.70. The minimum absolute atomic E-state index is 0. The van der Waals surface area contributed by atoms with Gasteiger partial charge in [0.1, 0.15) is 23.7 Å². The van der Waals surface area contributed by atoms with Crippen molar-refractivity contribution in [3.63, 3.8) is 0 Å². The monoisotopic (exact) mass is 516 g/mol. The first-order valence-electron chi connectivity index (χ1n) is 8.19. The Morgan fingerprint density at radius 2 is 2.16 bits per heavy atom. The van der Waals surface area contributed by atoms with E-state index in [9.17, 15) is 27.4 Å². The average molecular weight is 517 g/mol. The fourth-order valence-electron chi connectivity index (χ4n) is 2.16. The molecule has 1 saturated heterocycles. The van der Waals surface area contributed by atoms with Crippen LogP contribution in [0.3, 0.4) is 0 Å². The second kappa shape index (κ2) is 11.8. The van der Waals surface area contributed by atoms with Crippen molar-refractivity contribution in [3.05, 3.63) is 21.5 Å². The van der Waals surface area contributed by atoms with Crippen molar-refractivity contribution < 1.29 is 61.7 Å². The van der Waals surface area contributed by atoms with E-state index in [-0.39, 0.29) is 50.6 Å². The summed E-state index contributed by atoms with van der Waals surface area (Å²) < 4.78 is 33.2. The Labute approximate surface area is 212 Å². The first-order chi connectivity index (χ1) is 14.5. The maximum Gasteiger partial charge on any atom is 1.00 e. The van der Waals surface area contributed by atoms with Crippen molar-refractivity contribution in [2.45, 2.75) is 32.2 Å². The maximum atomic E-state index is 12.7. The van der Waals surface area contributed by atoms with Crippen molar-refractivity contribution in [2.24, 2.45) is 10.3 Å². The van der Waals surface area contributed by atoms with Crippen molar-refractivity contribution in [1.82, 2.24) is 14.6 Å². The van der Waals surface area contributed by atoms with Crippen molar-refractivity contribution >= 4 is 61.8 Å². The van der Waals surface area contributed by atoms with E-state index >= 15 is 0 Å². The molecule has 0 saturated carbocycles. The number of halogens is 1. The molecule has 1 fully saturated rings. The van der Waals surface area contributed by atoms with Crippen LogP contribution in [-0.4, -0.2) is 69.9 Å². The Bertz CT molecular complexity index is 1070. The molecule has 15 nitrogen and oxygen atoms in total. The molecule has 0 aromatic carbocycles. The first kappa shape index (κ1) is 28.1. The number of carbonyl (C=O) groups is 3. The Balaban J connectivity index is 0.00000512. The Hall–Kier alpha value is -1.98. The van der Waals surface area contributed by atoms with E-state index in [4.69, 9.17) is 22.0 Å². The van der Waals surface area contributed by atoms with Crippen LogP contribution in [0.5, 0.6) is 0 Å². The molecule has 0 spiro atoms. The number of carbonyl (C=O) groups excluding carboxylic acids is 3. The Morgan fingerprint density at radius 1 is 1.50 bits per heavy atom. The number of aromatic nitrogens is 1. The average Bonchev–Trinajstić information content (AvgIpc) is 3.12. The van der Waals surface area contributed by atoms with Gasteiger partial charge in [-0.1, -0.05) is 10.3 Å². The van der Waals surface area contributed by atoms with E-state index in [0.29, 0.717) is 0 Å². The standard InChI is InChI=1S/C13H15ClN8O7S2.Na/c1-5(2)29-20-8(6-4-30-13(16-6)17-7(23)3-14)11(24)18-9-10(19-21-15)22(12(9)25)31(26,27)28;/h4-5,9-10H,3H2,1-2H3,(H,18,24)(H,16,17,23)(H,26,27,28);/q;+1/p-1/t9-,10?;/m0./s1. The van der Waals surface area contributed by atoms with Crippen LogP contribution >= 0.6 is 22.9 Å². The number of anilines is 1. The van der Waals surface area contributed by atoms with E-state index in [1.54, 1.807) is 13.8 Å². The molecule has 0 radical (unpaired) electrons. The molecule has 1 aliphatic rings. The van der Waals surface area contributed by atoms with E-state index in [1.807, 2.05) is 0 Å². The second-order valence-electron chi connectivity index (χ2n) is 5.98. The van der Waals surface area contributed by atoms with Gasteiger partial charge in [-0.25, -0.2) is 17.7 Å². The van der Waals surface area contributed by atoms with Crippen LogP contribution in [0.25, 0.3) is 10.4 Å². The number of rotatable bonds is 9. The summed E-state index contributed by atoms with van der Waals surface area (Å²) >= 11 is 6.35. The minimum atomic E-state index is -5.26. The molecular formula is C13H14ClN8NaO7S2. The molecule has 168 valence electrons. The molecule has 19 heteroatoms. The van der Waals surface area contributed by atoms with Crippen LogP contribution in [0.15, 0.2) is 15.7 Å². The molecule has 2 N–H and O–H groups in total. The number of oxime groups is 1. The summed E-state index contributed by atoms with van der Waals surface area (Å²) in [4.78, 5) is 47.5. The largest absolute Gasteiger partial charge is 1.00 e. The predicted molar refractivity (Wildman–Crippen MR) is 106 cm³/mol. The summed E-state index contributed by atoms with van der Waals surface area (Å²) in [5.74, 6) is -3.20. The van der Waals surface area contributed by atoms with Crippen LogP contribution in [0.2, 0.25) is 0 Å².